The number of nitrogens with one attached hydrogen (secondary N) is 1. The summed E-state index contributed by atoms with van der Waals surface area (Å²) in [6, 6.07) is 7.31. The minimum absolute atomic E-state index is 0.00338. The number of aliphatic carboxylic acids is 1. The van der Waals surface area contributed by atoms with E-state index >= 15 is 0 Å². The molecule has 0 bridgehead atoms. The number of sulfonamides is 1. The number of benzene rings is 1. The van der Waals surface area contributed by atoms with E-state index in [9.17, 15) is 18.3 Å². The van der Waals surface area contributed by atoms with E-state index in [-0.39, 0.29) is 20.0 Å². The number of thiophene rings is 2. The highest BCUT2D eigenvalue weighted by Crippen LogP contribution is 2.40. The minimum atomic E-state index is -3.88. The Bertz CT molecular complexity index is 1670. The topological polar surface area (TPSA) is 127 Å². The van der Waals surface area contributed by atoms with Crippen molar-refractivity contribution in [3.63, 3.8) is 0 Å². The lowest BCUT2D eigenvalue weighted by Gasteiger charge is -2.12. The van der Waals surface area contributed by atoms with Crippen LogP contribution in [0.25, 0.3) is 5.00 Å². The molecule has 0 saturated heterocycles. The third-order valence-electron chi connectivity index (χ3n) is 5.91. The molecular formula is C23H19Cl2N5O4S3. The largest absolute Gasteiger partial charge is 0.481 e. The lowest BCUT2D eigenvalue weighted by molar-refractivity contribution is -0.137. The SMILES string of the molecule is Cc1sc2c(c1C)C(c1ccc(NS(=O)(=O)c3cc(Cl)c(Cl)s3)cc1)=N[C@@H](CC(=O)O)c1nnc(C)n1-2. The van der Waals surface area contributed by atoms with E-state index in [1.54, 1.807) is 35.6 Å². The summed E-state index contributed by atoms with van der Waals surface area (Å²) in [5, 5.41) is 19.1. The van der Waals surface area contributed by atoms with Crippen molar-refractivity contribution >= 4 is 73.3 Å². The van der Waals surface area contributed by atoms with Crippen LogP contribution in [-0.4, -0.2) is 40.0 Å². The van der Waals surface area contributed by atoms with Crippen molar-refractivity contribution in [1.82, 2.24) is 14.8 Å². The third-order valence-corrected chi connectivity index (χ3v) is 10.8. The number of aliphatic imine (C=N–C) groups is 1. The van der Waals surface area contributed by atoms with Gasteiger partial charge >= 0.3 is 5.97 Å². The fraction of sp³-hybridized carbons (Fsp3) is 0.217. The number of hydrogen-bond acceptors (Lipinski definition) is 8. The molecule has 0 amide bonds. The standard InChI is InChI=1S/C23H19Cl2N5O4S3/c1-10-11(2)35-23-19(10)20(26-16(9-17(31)32)22-28-27-12(3)30(22)23)13-4-6-14(7-5-13)29-37(33,34)18-8-15(24)21(25)36-18/h4-8,16,29H,9H2,1-3H3,(H,31,32)/t16-/m0/s1. The van der Waals surface area contributed by atoms with Crippen molar-refractivity contribution in [2.45, 2.75) is 37.4 Å². The molecule has 14 heteroatoms. The zero-order valence-electron chi connectivity index (χ0n) is 19.6. The highest BCUT2D eigenvalue weighted by atomic mass is 35.5. The van der Waals surface area contributed by atoms with E-state index in [0.29, 0.717) is 28.6 Å². The first-order chi connectivity index (χ1) is 17.5. The first-order valence-electron chi connectivity index (χ1n) is 10.9. The lowest BCUT2D eigenvalue weighted by Crippen LogP contribution is -2.12. The lowest BCUT2D eigenvalue weighted by atomic mass is 9.99. The predicted octanol–water partition coefficient (Wildman–Crippen LogP) is 5.79. The fourth-order valence-electron chi connectivity index (χ4n) is 4.05. The molecule has 0 spiro atoms. The van der Waals surface area contributed by atoms with Gasteiger partial charge in [-0.2, -0.15) is 0 Å². The van der Waals surface area contributed by atoms with Gasteiger partial charge in [-0.3, -0.25) is 19.1 Å². The Labute approximate surface area is 230 Å². The quantitative estimate of drug-likeness (QED) is 0.290. The maximum Gasteiger partial charge on any atom is 0.306 e. The smallest absolute Gasteiger partial charge is 0.306 e. The summed E-state index contributed by atoms with van der Waals surface area (Å²) in [5.74, 6) is 0.106. The highest BCUT2D eigenvalue weighted by Gasteiger charge is 2.32. The number of fused-ring (bicyclic) bond motifs is 3. The molecule has 0 aliphatic carbocycles. The van der Waals surface area contributed by atoms with Crippen LogP contribution in [0.5, 0.6) is 0 Å². The van der Waals surface area contributed by atoms with Crippen LogP contribution in [0.15, 0.2) is 39.5 Å². The molecule has 37 heavy (non-hydrogen) atoms. The monoisotopic (exact) mass is 595 g/mol. The maximum absolute atomic E-state index is 12.8. The van der Waals surface area contributed by atoms with Gasteiger partial charge in [0.15, 0.2) is 5.82 Å². The van der Waals surface area contributed by atoms with Crippen molar-refractivity contribution in [3.8, 4) is 5.00 Å². The van der Waals surface area contributed by atoms with Gasteiger partial charge in [0, 0.05) is 21.7 Å². The number of halogens is 2. The Kier molecular flexibility index (Phi) is 6.65. The Hall–Kier alpha value is -2.77. The van der Waals surface area contributed by atoms with Crippen LogP contribution >= 0.6 is 45.9 Å². The molecule has 0 radical (unpaired) electrons. The zero-order chi connectivity index (χ0) is 26.6. The summed E-state index contributed by atoms with van der Waals surface area (Å²) in [7, 11) is -3.88. The van der Waals surface area contributed by atoms with E-state index in [0.717, 1.165) is 32.3 Å². The van der Waals surface area contributed by atoms with Crippen molar-refractivity contribution in [1.29, 1.82) is 0 Å². The molecule has 2 N–H and O–H groups in total. The summed E-state index contributed by atoms with van der Waals surface area (Å²) < 4.78 is 30.2. The summed E-state index contributed by atoms with van der Waals surface area (Å²) >= 11 is 14.3. The first-order valence-corrected chi connectivity index (χ1v) is 14.7. The van der Waals surface area contributed by atoms with Crippen LogP contribution in [0.1, 0.15) is 45.7 Å². The van der Waals surface area contributed by atoms with Gasteiger partial charge in [-0.05, 0) is 44.5 Å². The molecule has 4 aromatic rings. The number of anilines is 1. The molecule has 9 nitrogen and oxygen atoms in total. The first kappa shape index (κ1) is 25.9. The number of rotatable bonds is 6. The van der Waals surface area contributed by atoms with Crippen LogP contribution in [-0.2, 0) is 14.8 Å². The van der Waals surface area contributed by atoms with Gasteiger partial charge in [0.1, 0.15) is 25.4 Å². The van der Waals surface area contributed by atoms with Crippen molar-refractivity contribution < 1.29 is 18.3 Å². The molecule has 1 aliphatic heterocycles. The van der Waals surface area contributed by atoms with Gasteiger partial charge in [0.2, 0.25) is 0 Å². The molecule has 1 aromatic carbocycles. The average molecular weight is 597 g/mol. The number of aryl methyl sites for hydroxylation is 2. The number of hydrogen-bond donors (Lipinski definition) is 2. The summed E-state index contributed by atoms with van der Waals surface area (Å²) in [6.45, 7) is 5.83. The van der Waals surface area contributed by atoms with Crippen LogP contribution in [0.4, 0.5) is 5.69 Å². The van der Waals surface area contributed by atoms with E-state index in [1.165, 1.54) is 6.07 Å². The summed E-state index contributed by atoms with van der Waals surface area (Å²) in [4.78, 5) is 17.6. The minimum Gasteiger partial charge on any atom is -0.481 e. The molecule has 192 valence electrons. The summed E-state index contributed by atoms with van der Waals surface area (Å²) in [6.07, 6.45) is -0.252. The number of nitrogens with zero attached hydrogens (tertiary/aromatic N) is 4. The van der Waals surface area contributed by atoms with E-state index in [1.807, 2.05) is 25.3 Å². The van der Waals surface area contributed by atoms with E-state index < -0.39 is 22.0 Å². The second-order valence-electron chi connectivity index (χ2n) is 8.37. The van der Waals surface area contributed by atoms with Gasteiger partial charge in [0.25, 0.3) is 10.0 Å². The maximum atomic E-state index is 12.8. The highest BCUT2D eigenvalue weighted by molar-refractivity contribution is 7.94. The second-order valence-corrected chi connectivity index (χ2v) is 13.5. The number of carbonyl (C=O) groups is 1. The molecule has 1 aliphatic rings. The van der Waals surface area contributed by atoms with E-state index in [4.69, 9.17) is 28.2 Å². The van der Waals surface area contributed by atoms with Crippen LogP contribution in [0.3, 0.4) is 0 Å². The Morgan fingerprint density at radius 1 is 1.14 bits per heavy atom. The van der Waals surface area contributed by atoms with E-state index in [2.05, 4.69) is 14.9 Å². The molecule has 4 heterocycles. The third kappa shape index (κ3) is 4.68. The molecule has 0 saturated carbocycles. The Morgan fingerprint density at radius 3 is 2.46 bits per heavy atom. The van der Waals surface area contributed by atoms with Crippen molar-refractivity contribution in [2.24, 2.45) is 4.99 Å². The number of carboxylic acids is 1. The van der Waals surface area contributed by atoms with Crippen LogP contribution in [0.2, 0.25) is 9.36 Å². The molecule has 0 fully saturated rings. The van der Waals surface area contributed by atoms with Crippen molar-refractivity contribution in [2.75, 3.05) is 4.72 Å². The van der Waals surface area contributed by atoms with Gasteiger partial charge in [-0.15, -0.1) is 32.9 Å². The molecule has 5 rings (SSSR count). The number of carboxylic acid groups (broad SMARTS) is 1. The van der Waals surface area contributed by atoms with Crippen LogP contribution < -0.4 is 4.72 Å². The van der Waals surface area contributed by atoms with Gasteiger partial charge < -0.3 is 5.11 Å². The van der Waals surface area contributed by atoms with Gasteiger partial charge in [-0.1, -0.05) is 35.3 Å². The fourth-order valence-corrected chi connectivity index (χ4v) is 8.20. The zero-order valence-corrected chi connectivity index (χ0v) is 23.6. The van der Waals surface area contributed by atoms with Gasteiger partial charge in [0.05, 0.1) is 17.2 Å². The Balaban J connectivity index is 1.57. The van der Waals surface area contributed by atoms with Crippen LogP contribution in [0, 0.1) is 20.8 Å². The number of aromatic nitrogens is 3. The predicted molar refractivity (Wildman–Crippen MR) is 146 cm³/mol. The molecule has 1 atom stereocenters. The molecular weight excluding hydrogens is 577 g/mol. The second kappa shape index (κ2) is 9.52. The average Bonchev–Trinajstić information content (AvgIpc) is 3.44. The molecule has 0 unspecified atom stereocenters. The van der Waals surface area contributed by atoms with Crippen molar-refractivity contribution in [3.05, 3.63) is 72.9 Å². The molecule has 3 aromatic heterocycles. The Morgan fingerprint density at radius 2 is 1.84 bits per heavy atom. The van der Waals surface area contributed by atoms with Gasteiger partial charge in [-0.25, -0.2) is 8.42 Å². The summed E-state index contributed by atoms with van der Waals surface area (Å²) in [5.41, 5.74) is 3.55. The normalized spacial score (nSPS) is 15.1.